The summed E-state index contributed by atoms with van der Waals surface area (Å²) in [6, 6.07) is 29.6. The number of rotatable bonds is 17. The highest BCUT2D eigenvalue weighted by molar-refractivity contribution is 6.04. The second-order valence-corrected chi connectivity index (χ2v) is 12.3. The number of carbonyl (C=O) groups is 4. The standard InChI is InChI=1S/C41H43N5O8/c1-3-51-41(50)54-27(2)53-36(47)21-22-44-39(48)30-18-20-35-34(25-30)45-38(46(35)23-11-10-14-28-12-6-4-7-13-28)32-19-17-31(24-33(32)37(42)43)40(49)52-26-29-15-8-5-9-16-29/h4-9,12-13,15-20,24-25,27H,3,10-11,14,21-23,26H2,1-2H3,(H3,42,43)(H,44,48). The van der Waals surface area contributed by atoms with Crippen LogP contribution in [0.3, 0.4) is 0 Å². The fraction of sp³-hybridized carbons (Fsp3) is 0.268. The number of nitrogens with two attached hydrogens (primary N) is 1. The van der Waals surface area contributed by atoms with Crippen LogP contribution in [0.25, 0.3) is 22.4 Å². The monoisotopic (exact) mass is 733 g/mol. The minimum atomic E-state index is -1.15. The number of esters is 2. The molecule has 280 valence electrons. The van der Waals surface area contributed by atoms with Gasteiger partial charge in [0.25, 0.3) is 5.91 Å². The van der Waals surface area contributed by atoms with Crippen LogP contribution < -0.4 is 11.1 Å². The number of amides is 1. The maximum absolute atomic E-state index is 13.1. The fourth-order valence-electron chi connectivity index (χ4n) is 5.78. The van der Waals surface area contributed by atoms with Gasteiger partial charge < -0.3 is 34.6 Å². The molecule has 4 aromatic carbocycles. The number of benzene rings is 4. The maximum Gasteiger partial charge on any atom is 0.511 e. The normalized spacial score (nSPS) is 11.4. The van der Waals surface area contributed by atoms with Crippen LogP contribution in [0.15, 0.2) is 97.1 Å². The lowest BCUT2D eigenvalue weighted by Crippen LogP contribution is -2.28. The molecule has 1 heterocycles. The van der Waals surface area contributed by atoms with Crippen LogP contribution in [0, 0.1) is 5.41 Å². The van der Waals surface area contributed by atoms with Crippen molar-refractivity contribution >= 4 is 40.9 Å². The molecule has 0 fully saturated rings. The number of imidazole rings is 1. The molecule has 1 aromatic heterocycles. The van der Waals surface area contributed by atoms with Crippen molar-refractivity contribution in [2.45, 2.75) is 59.0 Å². The van der Waals surface area contributed by atoms with Crippen molar-refractivity contribution < 1.29 is 38.1 Å². The van der Waals surface area contributed by atoms with Gasteiger partial charge in [-0.15, -0.1) is 0 Å². The number of ether oxygens (including phenoxy) is 4. The zero-order valence-electron chi connectivity index (χ0n) is 30.2. The predicted octanol–water partition coefficient (Wildman–Crippen LogP) is 6.55. The quantitative estimate of drug-likeness (QED) is 0.0236. The van der Waals surface area contributed by atoms with Gasteiger partial charge in [-0.3, -0.25) is 15.0 Å². The molecule has 54 heavy (non-hydrogen) atoms. The van der Waals surface area contributed by atoms with Crippen molar-refractivity contribution in [1.29, 1.82) is 5.41 Å². The summed E-state index contributed by atoms with van der Waals surface area (Å²) in [7, 11) is 0. The average Bonchev–Trinajstić information content (AvgIpc) is 3.53. The SMILES string of the molecule is CCOC(=O)OC(C)OC(=O)CCNC(=O)c1ccc2c(c1)nc(-c1ccc(C(=O)OCc3ccccc3)cc1C(=N)N)n2CCCCc1ccccc1. The fourth-order valence-corrected chi connectivity index (χ4v) is 5.78. The summed E-state index contributed by atoms with van der Waals surface area (Å²) < 4.78 is 22.1. The maximum atomic E-state index is 13.1. The second kappa shape index (κ2) is 18.8. The van der Waals surface area contributed by atoms with Crippen molar-refractivity contribution in [3.05, 3.63) is 125 Å². The molecule has 0 saturated heterocycles. The van der Waals surface area contributed by atoms with Crippen LogP contribution in [0.2, 0.25) is 0 Å². The zero-order chi connectivity index (χ0) is 38.5. The number of aryl methyl sites for hydroxylation is 2. The van der Waals surface area contributed by atoms with Crippen LogP contribution in [-0.4, -0.2) is 58.8 Å². The highest BCUT2D eigenvalue weighted by Gasteiger charge is 2.21. The van der Waals surface area contributed by atoms with E-state index in [0.717, 1.165) is 30.3 Å². The predicted molar refractivity (Wildman–Crippen MR) is 202 cm³/mol. The van der Waals surface area contributed by atoms with Crippen molar-refractivity contribution in [2.75, 3.05) is 13.2 Å². The highest BCUT2D eigenvalue weighted by atomic mass is 16.8. The van der Waals surface area contributed by atoms with Crippen LogP contribution in [0.4, 0.5) is 4.79 Å². The Hall–Kier alpha value is -6.50. The molecule has 4 N–H and O–H groups in total. The van der Waals surface area contributed by atoms with Crippen molar-refractivity contribution in [1.82, 2.24) is 14.9 Å². The Bertz CT molecular complexity index is 2100. The number of nitrogens with one attached hydrogen (secondary N) is 2. The van der Waals surface area contributed by atoms with E-state index in [0.29, 0.717) is 34.6 Å². The van der Waals surface area contributed by atoms with Gasteiger partial charge in [0.05, 0.1) is 29.6 Å². The van der Waals surface area contributed by atoms with E-state index in [-0.39, 0.29) is 37.6 Å². The lowest BCUT2D eigenvalue weighted by molar-refractivity contribution is -0.167. The number of hydrogen-bond acceptors (Lipinski definition) is 10. The summed E-state index contributed by atoms with van der Waals surface area (Å²) in [6.45, 7) is 3.78. The average molecular weight is 734 g/mol. The van der Waals surface area contributed by atoms with E-state index in [1.165, 1.54) is 18.6 Å². The smallest absolute Gasteiger partial charge is 0.457 e. The summed E-state index contributed by atoms with van der Waals surface area (Å²) in [6.07, 6.45) is 0.366. The molecule has 5 aromatic rings. The van der Waals surface area contributed by atoms with Crippen LogP contribution in [-0.2, 0) is 43.3 Å². The molecular formula is C41H43N5O8. The summed E-state index contributed by atoms with van der Waals surface area (Å²) >= 11 is 0. The number of aromatic nitrogens is 2. The lowest BCUT2D eigenvalue weighted by Gasteiger charge is -2.14. The van der Waals surface area contributed by atoms with Crippen molar-refractivity contribution in [2.24, 2.45) is 5.73 Å². The number of amidine groups is 1. The van der Waals surface area contributed by atoms with E-state index in [1.54, 1.807) is 31.2 Å². The largest absolute Gasteiger partial charge is 0.511 e. The summed E-state index contributed by atoms with van der Waals surface area (Å²) in [5.41, 5.74) is 10.9. The second-order valence-electron chi connectivity index (χ2n) is 12.3. The number of fused-ring (bicyclic) bond motifs is 1. The molecule has 0 aliphatic rings. The number of carbonyl (C=O) groups excluding carboxylic acids is 4. The van der Waals surface area contributed by atoms with Crippen LogP contribution in [0.5, 0.6) is 0 Å². The number of hydrogen-bond donors (Lipinski definition) is 3. The van der Waals surface area contributed by atoms with Gasteiger partial charge in [-0.1, -0.05) is 60.7 Å². The lowest BCUT2D eigenvalue weighted by atomic mass is 10.0. The Labute approximate surface area is 312 Å². The van der Waals surface area contributed by atoms with E-state index in [1.807, 2.05) is 59.2 Å². The molecule has 13 heteroatoms. The van der Waals surface area contributed by atoms with Crippen molar-refractivity contribution in [3.63, 3.8) is 0 Å². The molecule has 0 spiro atoms. The topological polar surface area (TPSA) is 185 Å². The summed E-state index contributed by atoms with van der Waals surface area (Å²) in [5, 5.41) is 11.1. The van der Waals surface area contributed by atoms with Gasteiger partial charge in [0.15, 0.2) is 0 Å². The molecule has 0 radical (unpaired) electrons. The van der Waals surface area contributed by atoms with Crippen LogP contribution >= 0.6 is 0 Å². The Balaban J connectivity index is 1.35. The Morgan fingerprint density at radius 1 is 0.852 bits per heavy atom. The molecule has 5 rings (SSSR count). The van der Waals surface area contributed by atoms with Gasteiger partial charge in [-0.05, 0) is 73.7 Å². The van der Waals surface area contributed by atoms with Gasteiger partial charge in [0.2, 0.25) is 6.29 Å². The molecular weight excluding hydrogens is 690 g/mol. The van der Waals surface area contributed by atoms with Gasteiger partial charge in [0, 0.05) is 36.7 Å². The van der Waals surface area contributed by atoms with E-state index in [4.69, 9.17) is 30.3 Å². The molecule has 13 nitrogen and oxygen atoms in total. The molecule has 1 amide bonds. The molecule has 0 saturated carbocycles. The first-order valence-electron chi connectivity index (χ1n) is 17.7. The van der Waals surface area contributed by atoms with E-state index >= 15 is 0 Å². The van der Waals surface area contributed by atoms with Crippen molar-refractivity contribution in [3.8, 4) is 11.4 Å². The minimum Gasteiger partial charge on any atom is -0.457 e. The van der Waals surface area contributed by atoms with Gasteiger partial charge in [-0.2, -0.15) is 0 Å². The Kier molecular flexibility index (Phi) is 13.5. The third kappa shape index (κ3) is 10.5. The van der Waals surface area contributed by atoms with Gasteiger partial charge >= 0.3 is 18.1 Å². The molecule has 1 atom stereocenters. The first kappa shape index (κ1) is 38.7. The summed E-state index contributed by atoms with van der Waals surface area (Å²) in [5.74, 6) is -1.37. The van der Waals surface area contributed by atoms with E-state index in [9.17, 15) is 19.2 Å². The third-order valence-electron chi connectivity index (χ3n) is 8.39. The molecule has 0 aliphatic carbocycles. The molecule has 1 unspecified atom stereocenters. The Morgan fingerprint density at radius 2 is 1.56 bits per heavy atom. The number of unbranched alkanes of at least 4 members (excludes halogenated alkanes) is 1. The zero-order valence-corrected chi connectivity index (χ0v) is 30.2. The van der Waals surface area contributed by atoms with E-state index < -0.39 is 30.3 Å². The first-order valence-corrected chi connectivity index (χ1v) is 17.7. The summed E-state index contributed by atoms with van der Waals surface area (Å²) in [4.78, 5) is 54.7. The molecule has 0 bridgehead atoms. The highest BCUT2D eigenvalue weighted by Crippen LogP contribution is 2.30. The Morgan fingerprint density at radius 3 is 2.26 bits per heavy atom. The molecule has 0 aliphatic heterocycles. The first-order chi connectivity index (χ1) is 26.1. The van der Waals surface area contributed by atoms with Gasteiger partial charge in [0.1, 0.15) is 18.3 Å². The third-order valence-corrected chi connectivity index (χ3v) is 8.39. The number of nitrogens with zero attached hydrogens (tertiary/aromatic N) is 2. The van der Waals surface area contributed by atoms with E-state index in [2.05, 4.69) is 22.2 Å². The minimum absolute atomic E-state index is 0.0228. The number of nitrogen functional groups attached to an aromatic ring is 1. The van der Waals surface area contributed by atoms with Gasteiger partial charge in [-0.25, -0.2) is 14.6 Å². The van der Waals surface area contributed by atoms with Crippen LogP contribution in [0.1, 0.15) is 70.5 Å².